The normalized spacial score (nSPS) is 28.8. The number of amidine groups is 1. The van der Waals surface area contributed by atoms with Gasteiger partial charge in [-0.25, -0.2) is 9.38 Å². The first-order valence-corrected chi connectivity index (χ1v) is 12.4. The zero-order valence-corrected chi connectivity index (χ0v) is 19.4. The summed E-state index contributed by atoms with van der Waals surface area (Å²) in [5.41, 5.74) is 1.41. The number of carbonyl (C=O) groups is 2. The number of halogens is 2. The van der Waals surface area contributed by atoms with Crippen LogP contribution in [0, 0.1) is 5.82 Å². The lowest BCUT2D eigenvalue weighted by Crippen LogP contribution is -2.53. The molecule has 9 heteroatoms. The molecule has 2 aromatic rings. The molecule has 0 saturated carbocycles. The highest BCUT2D eigenvalue weighted by atomic mass is 35.5. The molecule has 172 valence electrons. The molecular weight excluding hydrogens is 463 g/mol. The van der Waals surface area contributed by atoms with Crippen molar-refractivity contribution in [2.24, 2.45) is 4.99 Å². The van der Waals surface area contributed by atoms with Crippen LogP contribution in [-0.2, 0) is 16.1 Å². The Morgan fingerprint density at radius 1 is 1.21 bits per heavy atom. The van der Waals surface area contributed by atoms with Crippen LogP contribution in [0.5, 0.6) is 0 Å². The second-order valence-corrected chi connectivity index (χ2v) is 10.1. The molecule has 2 fully saturated rings. The molecular formula is C24H24ClFN4O2S. The highest BCUT2D eigenvalue weighted by molar-refractivity contribution is 8.14. The van der Waals surface area contributed by atoms with E-state index in [4.69, 9.17) is 11.6 Å². The maximum Gasteiger partial charge on any atom is 0.246 e. The van der Waals surface area contributed by atoms with Gasteiger partial charge in [0.1, 0.15) is 17.9 Å². The Bertz CT molecular complexity index is 1090. The number of hydrogen-bond donors (Lipinski definition) is 2. The lowest BCUT2D eigenvalue weighted by Gasteiger charge is -2.35. The number of hydrogen-bond acceptors (Lipinski definition) is 5. The predicted molar refractivity (Wildman–Crippen MR) is 128 cm³/mol. The van der Waals surface area contributed by atoms with Crippen molar-refractivity contribution in [1.82, 2.24) is 15.5 Å². The number of rotatable bonds is 4. The van der Waals surface area contributed by atoms with Gasteiger partial charge in [0.25, 0.3) is 0 Å². The molecule has 3 heterocycles. The van der Waals surface area contributed by atoms with Gasteiger partial charge in [0, 0.05) is 18.7 Å². The molecule has 5 rings (SSSR count). The standard InChI is InChI=1S/C24H24ClFN4O2S/c25-18-19(15-9-4-5-10-16(15)26)28-23(32)20-21(18)33-24(29-20)30-12-6-11-17(30)22(31)27-13-14-7-2-1-3-8-14/h1-5,7-10,17-21H,6,11-13H2,(H,27,31)(H,28,32)/t17-,18?,19?,20?,21?/m1/s1. The molecule has 33 heavy (non-hydrogen) atoms. The van der Waals surface area contributed by atoms with E-state index in [0.29, 0.717) is 23.8 Å². The third-order valence-corrected chi connectivity index (χ3v) is 8.40. The summed E-state index contributed by atoms with van der Waals surface area (Å²) in [5.74, 6) is -0.715. The van der Waals surface area contributed by atoms with E-state index in [-0.39, 0.29) is 23.1 Å². The smallest absolute Gasteiger partial charge is 0.246 e. The van der Waals surface area contributed by atoms with Crippen LogP contribution in [0.1, 0.15) is 30.0 Å². The Morgan fingerprint density at radius 3 is 2.76 bits per heavy atom. The zero-order chi connectivity index (χ0) is 22.9. The van der Waals surface area contributed by atoms with Crippen LogP contribution in [0.4, 0.5) is 4.39 Å². The number of thioether (sulfide) groups is 1. The minimum Gasteiger partial charge on any atom is -0.350 e. The number of likely N-dealkylation sites (tertiary alicyclic amines) is 1. The van der Waals surface area contributed by atoms with Gasteiger partial charge >= 0.3 is 0 Å². The Kier molecular flexibility index (Phi) is 6.29. The summed E-state index contributed by atoms with van der Waals surface area (Å²) in [6.45, 7) is 1.16. The summed E-state index contributed by atoms with van der Waals surface area (Å²) >= 11 is 8.19. The van der Waals surface area contributed by atoms with E-state index < -0.39 is 23.3 Å². The first-order valence-electron chi connectivity index (χ1n) is 11.0. The van der Waals surface area contributed by atoms with Crippen LogP contribution in [0.25, 0.3) is 0 Å². The summed E-state index contributed by atoms with van der Waals surface area (Å²) in [6.07, 6.45) is 1.59. The number of alkyl halides is 1. The van der Waals surface area contributed by atoms with E-state index in [2.05, 4.69) is 15.6 Å². The predicted octanol–water partition coefficient (Wildman–Crippen LogP) is 3.22. The van der Waals surface area contributed by atoms with Crippen molar-refractivity contribution in [1.29, 1.82) is 0 Å². The van der Waals surface area contributed by atoms with E-state index in [1.165, 1.54) is 17.8 Å². The van der Waals surface area contributed by atoms with Crippen molar-refractivity contribution in [3.05, 3.63) is 71.5 Å². The summed E-state index contributed by atoms with van der Waals surface area (Å²) < 4.78 is 14.4. The maximum atomic E-state index is 14.4. The first kappa shape index (κ1) is 22.2. The first-order chi connectivity index (χ1) is 16.0. The lowest BCUT2D eigenvalue weighted by atomic mass is 9.93. The average Bonchev–Trinajstić information content (AvgIpc) is 3.49. The zero-order valence-electron chi connectivity index (χ0n) is 17.8. The molecule has 0 spiro atoms. The topological polar surface area (TPSA) is 73.8 Å². The van der Waals surface area contributed by atoms with Gasteiger partial charge < -0.3 is 15.5 Å². The molecule has 3 aliphatic heterocycles. The van der Waals surface area contributed by atoms with Crippen LogP contribution in [0.2, 0.25) is 0 Å². The van der Waals surface area contributed by atoms with Crippen molar-refractivity contribution in [2.75, 3.05) is 6.54 Å². The Hall–Kier alpha value is -2.58. The van der Waals surface area contributed by atoms with E-state index in [9.17, 15) is 14.0 Å². The summed E-state index contributed by atoms with van der Waals surface area (Å²) in [7, 11) is 0. The molecule has 4 unspecified atom stereocenters. The van der Waals surface area contributed by atoms with Gasteiger partial charge in [0.2, 0.25) is 11.8 Å². The number of nitrogens with one attached hydrogen (secondary N) is 2. The van der Waals surface area contributed by atoms with Crippen molar-refractivity contribution in [3.8, 4) is 0 Å². The number of fused-ring (bicyclic) bond motifs is 1. The maximum absolute atomic E-state index is 14.4. The monoisotopic (exact) mass is 486 g/mol. The van der Waals surface area contributed by atoms with Gasteiger partial charge in [-0.2, -0.15) is 0 Å². The van der Waals surface area contributed by atoms with Gasteiger partial charge in [-0.05, 0) is 24.5 Å². The lowest BCUT2D eigenvalue weighted by molar-refractivity contribution is -0.125. The molecule has 6 nitrogen and oxygen atoms in total. The van der Waals surface area contributed by atoms with Crippen LogP contribution in [-0.4, -0.2) is 51.1 Å². The SMILES string of the molecule is O=C1NC(c2ccccc2F)C(Cl)C2SC(N3CCC[C@@H]3C(=O)NCc3ccccc3)=NC12. The molecule has 0 radical (unpaired) electrons. The summed E-state index contributed by atoms with van der Waals surface area (Å²) in [5, 5.41) is 5.67. The molecule has 2 amide bonds. The number of aliphatic imine (C=N–C) groups is 1. The second kappa shape index (κ2) is 9.35. The van der Waals surface area contributed by atoms with Gasteiger partial charge in [-0.1, -0.05) is 60.3 Å². The molecule has 0 aromatic heterocycles. The molecule has 3 aliphatic rings. The Balaban J connectivity index is 1.29. The van der Waals surface area contributed by atoms with E-state index in [1.54, 1.807) is 18.2 Å². The van der Waals surface area contributed by atoms with E-state index in [1.807, 2.05) is 35.2 Å². The summed E-state index contributed by atoms with van der Waals surface area (Å²) in [6, 6.07) is 14.5. The van der Waals surface area contributed by atoms with Crippen LogP contribution < -0.4 is 10.6 Å². The number of piperidine rings is 1. The van der Waals surface area contributed by atoms with Crippen molar-refractivity contribution in [2.45, 2.75) is 48.1 Å². The van der Waals surface area contributed by atoms with Crippen LogP contribution >= 0.6 is 23.4 Å². The number of carbonyl (C=O) groups excluding carboxylic acids is 2. The minimum absolute atomic E-state index is 0.0503. The molecule has 2 saturated heterocycles. The van der Waals surface area contributed by atoms with E-state index >= 15 is 0 Å². The minimum atomic E-state index is -0.649. The summed E-state index contributed by atoms with van der Waals surface area (Å²) in [4.78, 5) is 32.4. The quantitative estimate of drug-likeness (QED) is 0.651. The Labute approximate surface area is 201 Å². The van der Waals surface area contributed by atoms with Crippen molar-refractivity contribution < 1.29 is 14.0 Å². The number of nitrogens with zero attached hydrogens (tertiary/aromatic N) is 2. The van der Waals surface area contributed by atoms with Gasteiger partial charge in [-0.15, -0.1) is 11.6 Å². The molecule has 0 aliphatic carbocycles. The van der Waals surface area contributed by atoms with Crippen LogP contribution in [0.3, 0.4) is 0 Å². The highest BCUT2D eigenvalue weighted by Crippen LogP contribution is 2.43. The fourth-order valence-corrected chi connectivity index (χ4v) is 6.52. The molecule has 5 atom stereocenters. The van der Waals surface area contributed by atoms with Crippen molar-refractivity contribution in [3.63, 3.8) is 0 Å². The average molecular weight is 487 g/mol. The second-order valence-electron chi connectivity index (χ2n) is 8.45. The molecule has 0 bridgehead atoms. The molecule has 2 N–H and O–H groups in total. The van der Waals surface area contributed by atoms with Gasteiger partial charge in [-0.3, -0.25) is 9.59 Å². The Morgan fingerprint density at radius 2 is 1.97 bits per heavy atom. The number of amides is 2. The van der Waals surface area contributed by atoms with Gasteiger partial charge in [0.15, 0.2) is 5.17 Å². The van der Waals surface area contributed by atoms with Gasteiger partial charge in [0.05, 0.1) is 16.7 Å². The highest BCUT2D eigenvalue weighted by Gasteiger charge is 2.50. The molecule has 2 aromatic carbocycles. The van der Waals surface area contributed by atoms with Crippen molar-refractivity contribution >= 4 is 40.3 Å². The fraction of sp³-hybridized carbons (Fsp3) is 0.375. The van der Waals surface area contributed by atoms with E-state index in [0.717, 1.165) is 18.4 Å². The largest absolute Gasteiger partial charge is 0.350 e. The fourth-order valence-electron chi connectivity index (χ4n) is 4.65. The van der Waals surface area contributed by atoms with Crippen LogP contribution in [0.15, 0.2) is 59.6 Å². The third-order valence-electron chi connectivity index (χ3n) is 6.35. The third kappa shape index (κ3) is 4.34. The number of benzene rings is 2.